The minimum Gasteiger partial charge on any atom is -0.507 e. The number of esters is 6. The van der Waals surface area contributed by atoms with E-state index in [0.717, 1.165) is 0 Å². The maximum atomic E-state index is 14.7. The Morgan fingerprint density at radius 1 is 0.233 bits per heavy atom. The number of carbonyl (C=O) groups excluding carboxylic acids is 6. The van der Waals surface area contributed by atoms with E-state index in [4.69, 9.17) is 28.4 Å². The molecular weight excluding hydrogens is 1150 g/mol. The monoisotopic (exact) mass is 1240 g/mol. The van der Waals surface area contributed by atoms with E-state index < -0.39 is 72.4 Å². The number of hydrogen-bond donors (Lipinski definition) is 6. The molecule has 0 heterocycles. The largest absolute Gasteiger partial charge is 0.507 e. The van der Waals surface area contributed by atoms with Crippen LogP contribution in [0.4, 0.5) is 0 Å². The molecule has 0 atom stereocenters. The second-order valence-corrected chi connectivity index (χ2v) is 24.2. The number of aromatic hydroxyl groups is 6. The topological polar surface area (TPSA) is 279 Å². The summed E-state index contributed by atoms with van der Waals surface area (Å²) in [6.07, 6.45) is -13.5. The Hall–Kier alpha value is -9.06. The Balaban J connectivity index is 1.38. The van der Waals surface area contributed by atoms with Crippen LogP contribution in [0.25, 0.3) is 0 Å². The van der Waals surface area contributed by atoms with Crippen LogP contribution in [0.3, 0.4) is 0 Å². The summed E-state index contributed by atoms with van der Waals surface area (Å²) in [6, 6.07) is 20.4. The van der Waals surface area contributed by atoms with Gasteiger partial charge in [-0.2, -0.15) is 0 Å². The van der Waals surface area contributed by atoms with Gasteiger partial charge in [-0.3, -0.25) is 28.8 Å². The molecule has 0 unspecified atom stereocenters. The molecule has 18 heteroatoms. The van der Waals surface area contributed by atoms with Gasteiger partial charge in [0.2, 0.25) is 0 Å². The smallest absolute Gasteiger partial charge is 0.306 e. The van der Waals surface area contributed by atoms with Crippen LogP contribution < -0.4 is 0 Å². The first-order chi connectivity index (χ1) is 42.5. The summed E-state index contributed by atoms with van der Waals surface area (Å²) in [7, 11) is 0. The van der Waals surface area contributed by atoms with Crippen LogP contribution in [0.1, 0.15) is 139 Å². The van der Waals surface area contributed by atoms with Gasteiger partial charge in [0.1, 0.15) is 34.5 Å². The van der Waals surface area contributed by atoms with E-state index in [2.05, 4.69) is 0 Å². The first-order valence-corrected chi connectivity index (χ1v) is 30.4. The van der Waals surface area contributed by atoms with E-state index in [1.54, 1.807) is 156 Å². The van der Waals surface area contributed by atoms with E-state index in [1.807, 2.05) is 0 Å². The van der Waals surface area contributed by atoms with Gasteiger partial charge in [0.15, 0.2) is 36.6 Å². The maximum Gasteiger partial charge on any atom is 0.306 e. The normalized spacial score (nSPS) is 17.1. The summed E-state index contributed by atoms with van der Waals surface area (Å²) in [4.78, 5) is 88.3. The van der Waals surface area contributed by atoms with Gasteiger partial charge in [-0.25, -0.2) is 0 Å². The van der Waals surface area contributed by atoms with Crippen molar-refractivity contribution in [1.82, 2.24) is 0 Å². The summed E-state index contributed by atoms with van der Waals surface area (Å²) >= 11 is 0. The van der Waals surface area contributed by atoms with Crippen LogP contribution in [0.2, 0.25) is 0 Å². The lowest BCUT2D eigenvalue weighted by Crippen LogP contribution is -2.69. The van der Waals surface area contributed by atoms with Crippen LogP contribution in [-0.4, -0.2) is 103 Å². The summed E-state index contributed by atoms with van der Waals surface area (Å²) in [6.45, 7) is 20.5. The van der Waals surface area contributed by atoms with Crippen molar-refractivity contribution in [3.63, 3.8) is 0 Å². The van der Waals surface area contributed by atoms with Crippen molar-refractivity contribution < 1.29 is 87.8 Å². The van der Waals surface area contributed by atoms with Crippen LogP contribution in [0.5, 0.6) is 34.5 Å². The average Bonchev–Trinajstić information content (AvgIpc) is 0.899. The SMILES string of the molecule is Cc1cc(CCC(=O)OC2C(OC(=O)CCc3cc(C)c(O)c(C)c3)C(OC(=O)CCc3cc(C)c(O)c(C)c3)C(OC(=O)CCc3cc(C)c(O)c(C)c3)C(OC(=O)CCc3cc(C)c(O)c(C)c3)C2OC(=O)CCc2cc(C)c(O)c(C)c2)cc(C)c1O. The number of benzene rings is 6. The van der Waals surface area contributed by atoms with Gasteiger partial charge in [0.25, 0.3) is 0 Å². The lowest BCUT2D eigenvalue weighted by molar-refractivity contribution is -0.261. The van der Waals surface area contributed by atoms with Gasteiger partial charge in [0, 0.05) is 38.5 Å². The standard InChI is InChI=1S/C72H84O18/c1-37-25-49(26-38(2)61(37)79)13-19-55(73)85-67-68(86-56(74)20-14-50-27-39(3)62(80)40(4)28-50)70(88-58(76)22-16-52-31-43(7)64(82)44(8)32-52)72(90-60(78)24-18-54-35-47(11)66(84)48(12)36-54)71(89-59(77)23-17-53-33-45(9)65(83)46(10)34-53)69(67)87-57(75)21-15-51-29-41(5)63(81)42(6)30-51/h25-36,67-72,79-84H,13-24H2,1-12H3. The molecule has 6 aromatic carbocycles. The molecule has 0 bridgehead atoms. The predicted octanol–water partition coefficient (Wildman–Crippen LogP) is 11.2. The number of rotatable bonds is 24. The zero-order valence-corrected chi connectivity index (χ0v) is 53.5. The third kappa shape index (κ3) is 17.6. The molecule has 0 radical (unpaired) electrons. The number of ether oxygens (including phenoxy) is 6. The van der Waals surface area contributed by atoms with E-state index in [9.17, 15) is 59.4 Å². The van der Waals surface area contributed by atoms with Crippen molar-refractivity contribution in [2.24, 2.45) is 0 Å². The predicted molar refractivity (Wildman–Crippen MR) is 335 cm³/mol. The van der Waals surface area contributed by atoms with Crippen LogP contribution in [0.15, 0.2) is 72.8 Å². The number of hydrogen-bond acceptors (Lipinski definition) is 18. The molecule has 0 amide bonds. The fraction of sp³-hybridized carbons (Fsp3) is 0.417. The zero-order chi connectivity index (χ0) is 66.0. The molecule has 1 aliphatic carbocycles. The molecule has 480 valence electrons. The fourth-order valence-electron chi connectivity index (χ4n) is 11.8. The van der Waals surface area contributed by atoms with Gasteiger partial charge in [-0.15, -0.1) is 0 Å². The molecular formula is C72H84O18. The lowest BCUT2D eigenvalue weighted by Gasteiger charge is -2.47. The highest BCUT2D eigenvalue weighted by atomic mass is 16.7. The Labute approximate surface area is 525 Å². The summed E-state index contributed by atoms with van der Waals surface area (Å²) in [5, 5.41) is 63.5. The number of phenols is 6. The first kappa shape index (κ1) is 68.4. The van der Waals surface area contributed by atoms with Gasteiger partial charge in [0.05, 0.1) is 0 Å². The zero-order valence-electron chi connectivity index (χ0n) is 53.5. The highest BCUT2D eigenvalue weighted by molar-refractivity contribution is 5.75. The Kier molecular flexibility index (Phi) is 22.8. The Morgan fingerprint density at radius 2 is 0.333 bits per heavy atom. The lowest BCUT2D eigenvalue weighted by atomic mass is 9.83. The van der Waals surface area contributed by atoms with Crippen molar-refractivity contribution in [2.45, 2.75) is 197 Å². The minimum absolute atomic E-state index is 0.0584. The molecule has 0 aromatic heterocycles. The van der Waals surface area contributed by atoms with Crippen molar-refractivity contribution in [3.8, 4) is 34.5 Å². The highest BCUT2D eigenvalue weighted by Crippen LogP contribution is 2.38. The van der Waals surface area contributed by atoms with Gasteiger partial charge in [-0.1, -0.05) is 72.8 Å². The molecule has 18 nitrogen and oxygen atoms in total. The summed E-state index contributed by atoms with van der Waals surface area (Å²) < 4.78 is 38.4. The van der Waals surface area contributed by atoms with Gasteiger partial charge in [-0.05, 0) is 222 Å². The van der Waals surface area contributed by atoms with E-state index in [0.29, 0.717) is 100 Å². The first-order valence-electron chi connectivity index (χ1n) is 30.4. The Morgan fingerprint density at radius 3 is 0.433 bits per heavy atom. The van der Waals surface area contributed by atoms with E-state index >= 15 is 0 Å². The second-order valence-electron chi connectivity index (χ2n) is 24.2. The Bertz CT molecular complexity index is 2920. The molecule has 0 spiro atoms. The van der Waals surface area contributed by atoms with Crippen molar-refractivity contribution in [3.05, 3.63) is 173 Å². The van der Waals surface area contributed by atoms with Crippen molar-refractivity contribution in [1.29, 1.82) is 0 Å². The molecule has 1 fully saturated rings. The molecule has 1 saturated carbocycles. The third-order valence-electron chi connectivity index (χ3n) is 16.6. The van der Waals surface area contributed by atoms with Gasteiger partial charge >= 0.3 is 35.8 Å². The number of phenolic OH excluding ortho intramolecular Hbond substituents is 6. The van der Waals surface area contributed by atoms with E-state index in [-0.39, 0.29) is 112 Å². The quantitative estimate of drug-likeness (QED) is 0.0243. The molecule has 0 saturated heterocycles. The third-order valence-corrected chi connectivity index (χ3v) is 16.6. The van der Waals surface area contributed by atoms with Crippen molar-refractivity contribution >= 4 is 35.8 Å². The molecule has 0 aliphatic heterocycles. The maximum absolute atomic E-state index is 14.7. The van der Waals surface area contributed by atoms with E-state index in [1.165, 1.54) is 0 Å². The molecule has 7 rings (SSSR count). The fourth-order valence-corrected chi connectivity index (χ4v) is 11.8. The molecule has 6 N–H and O–H groups in total. The van der Waals surface area contributed by atoms with Gasteiger partial charge < -0.3 is 59.1 Å². The van der Waals surface area contributed by atoms with Crippen LogP contribution in [-0.2, 0) is 95.7 Å². The molecule has 1 aliphatic rings. The molecule has 6 aromatic rings. The van der Waals surface area contributed by atoms with Crippen LogP contribution in [0, 0.1) is 83.1 Å². The average molecular weight is 1240 g/mol. The minimum atomic E-state index is -1.97. The van der Waals surface area contributed by atoms with Crippen molar-refractivity contribution in [2.75, 3.05) is 0 Å². The summed E-state index contributed by atoms with van der Waals surface area (Å²) in [5.41, 5.74) is 10.5. The second kappa shape index (κ2) is 30.0. The highest BCUT2D eigenvalue weighted by Gasteiger charge is 2.61. The number of aryl methyl sites for hydroxylation is 18. The number of carbonyl (C=O) groups is 6. The molecule has 90 heavy (non-hydrogen) atoms. The summed E-state index contributed by atoms with van der Waals surface area (Å²) in [5.74, 6) is -5.14. The van der Waals surface area contributed by atoms with Crippen LogP contribution >= 0.6 is 0 Å².